The number of hydrogen-bond acceptors (Lipinski definition) is 2. The lowest BCUT2D eigenvalue weighted by Crippen LogP contribution is -2.12. The van der Waals surface area contributed by atoms with Crippen molar-refractivity contribution in [3.8, 4) is 0 Å². The predicted octanol–water partition coefficient (Wildman–Crippen LogP) is 3.75. The van der Waals surface area contributed by atoms with Gasteiger partial charge in [0.1, 0.15) is 0 Å². The molecule has 3 nitrogen and oxygen atoms in total. The maximum Gasteiger partial charge on any atom is 0.210 e. The van der Waals surface area contributed by atoms with Crippen molar-refractivity contribution in [2.45, 2.75) is 60.9 Å². The van der Waals surface area contributed by atoms with Crippen LogP contribution in [-0.4, -0.2) is 11.0 Å². The maximum atomic E-state index is 9.74. The third-order valence-electron chi connectivity index (χ3n) is 0.951. The van der Waals surface area contributed by atoms with Crippen LogP contribution in [0.15, 0.2) is 0 Å². The van der Waals surface area contributed by atoms with E-state index in [9.17, 15) is 10.1 Å². The molecule has 1 unspecified atom stereocenters. The molecule has 0 aliphatic rings. The van der Waals surface area contributed by atoms with E-state index in [-0.39, 0.29) is 11.0 Å². The van der Waals surface area contributed by atoms with Crippen molar-refractivity contribution in [2.75, 3.05) is 0 Å². The summed E-state index contributed by atoms with van der Waals surface area (Å²) in [5.74, 6) is 0.833. The van der Waals surface area contributed by atoms with E-state index >= 15 is 0 Å². The molecule has 0 N–H and O–H groups in total. The van der Waals surface area contributed by atoms with Crippen LogP contribution in [0.3, 0.4) is 0 Å². The topological polar surface area (TPSA) is 43.1 Å². The molecule has 0 fully saturated rings. The van der Waals surface area contributed by atoms with Gasteiger partial charge in [-0.15, -0.1) is 0 Å². The van der Waals surface area contributed by atoms with Crippen LogP contribution in [0.25, 0.3) is 0 Å². The van der Waals surface area contributed by atoms with Crippen molar-refractivity contribution >= 4 is 0 Å². The summed E-state index contributed by atoms with van der Waals surface area (Å²) in [6.45, 7) is 13.9. The second-order valence-electron chi connectivity index (χ2n) is 3.27. The van der Waals surface area contributed by atoms with Gasteiger partial charge in [0.15, 0.2) is 0 Å². The molecule has 3 heteroatoms. The zero-order chi connectivity index (χ0) is 11.4. The van der Waals surface area contributed by atoms with Gasteiger partial charge in [0, 0.05) is 18.3 Å². The molecule has 0 aliphatic carbocycles. The van der Waals surface area contributed by atoms with E-state index < -0.39 is 0 Å². The molecule has 0 saturated heterocycles. The molecule has 0 rings (SSSR count). The highest BCUT2D eigenvalue weighted by Crippen LogP contribution is 1.90. The first-order valence-electron chi connectivity index (χ1n) is 5.05. The molecule has 0 amide bonds. The smallest absolute Gasteiger partial charge is 0.210 e. The highest BCUT2D eigenvalue weighted by molar-refractivity contribution is 4.39. The average molecular weight is 191 g/mol. The molecule has 0 bridgehead atoms. The third-order valence-corrected chi connectivity index (χ3v) is 0.951. The van der Waals surface area contributed by atoms with Crippen molar-refractivity contribution in [2.24, 2.45) is 5.92 Å². The standard InChI is InChI=1S/C4H9NO2.C4H10.C2H6/c1-3-4(2)5(6)7;1-4(2)3;1-2/h4H,3H2,1-2H3;4H,1-3H3;1-2H3. The summed E-state index contributed by atoms with van der Waals surface area (Å²) in [7, 11) is 0. The van der Waals surface area contributed by atoms with Gasteiger partial charge >= 0.3 is 0 Å². The third kappa shape index (κ3) is 34.5. The first kappa shape index (κ1) is 18.2. The van der Waals surface area contributed by atoms with Crippen LogP contribution in [0.5, 0.6) is 0 Å². The predicted molar refractivity (Wildman–Crippen MR) is 58.6 cm³/mol. The molecular formula is C10H25NO2. The van der Waals surface area contributed by atoms with Gasteiger partial charge in [-0.1, -0.05) is 41.5 Å². The fourth-order valence-corrected chi connectivity index (χ4v) is 0.149. The van der Waals surface area contributed by atoms with Crippen LogP contribution < -0.4 is 0 Å². The normalized spacial score (nSPS) is 10.5. The molecule has 82 valence electrons. The van der Waals surface area contributed by atoms with Gasteiger partial charge in [-0.25, -0.2) is 0 Å². The van der Waals surface area contributed by atoms with E-state index in [1.165, 1.54) is 0 Å². The van der Waals surface area contributed by atoms with Gasteiger partial charge in [-0.3, -0.25) is 10.1 Å². The van der Waals surface area contributed by atoms with E-state index in [2.05, 4.69) is 20.8 Å². The summed E-state index contributed by atoms with van der Waals surface area (Å²) in [6.07, 6.45) is 0.618. The fourth-order valence-electron chi connectivity index (χ4n) is 0.149. The molecule has 0 radical (unpaired) electrons. The minimum atomic E-state index is -0.375. The zero-order valence-electron chi connectivity index (χ0n) is 10.1. The van der Waals surface area contributed by atoms with Crippen LogP contribution in [0, 0.1) is 16.0 Å². The Bertz CT molecular complexity index is 100. The van der Waals surface area contributed by atoms with Crippen molar-refractivity contribution in [3.05, 3.63) is 10.1 Å². The van der Waals surface area contributed by atoms with E-state index in [0.717, 1.165) is 5.92 Å². The van der Waals surface area contributed by atoms with Crippen LogP contribution in [0.1, 0.15) is 54.9 Å². The molecule has 0 aliphatic heterocycles. The average Bonchev–Trinajstić information content (AvgIpc) is 2.05. The molecule has 0 aromatic rings. The minimum Gasteiger partial charge on any atom is -0.264 e. The second-order valence-corrected chi connectivity index (χ2v) is 3.27. The van der Waals surface area contributed by atoms with Crippen molar-refractivity contribution in [3.63, 3.8) is 0 Å². The highest BCUT2D eigenvalue weighted by atomic mass is 16.6. The van der Waals surface area contributed by atoms with E-state index in [1.807, 2.05) is 13.8 Å². The molecule has 13 heavy (non-hydrogen) atoms. The lowest BCUT2D eigenvalue weighted by atomic mass is 10.3. The summed E-state index contributed by atoms with van der Waals surface area (Å²) >= 11 is 0. The summed E-state index contributed by atoms with van der Waals surface area (Å²) in [5, 5.41) is 9.74. The molecule has 1 atom stereocenters. The maximum absolute atomic E-state index is 9.74. The van der Waals surface area contributed by atoms with Gasteiger partial charge in [0.05, 0.1) is 0 Å². The number of nitrogens with zero attached hydrogens (tertiary/aromatic N) is 1. The van der Waals surface area contributed by atoms with Gasteiger partial charge < -0.3 is 0 Å². The van der Waals surface area contributed by atoms with Gasteiger partial charge in [0.25, 0.3) is 0 Å². The quantitative estimate of drug-likeness (QED) is 0.493. The first-order valence-corrected chi connectivity index (χ1v) is 5.05. The SMILES string of the molecule is CC.CC(C)C.CCC(C)[N+](=O)[O-]. The van der Waals surface area contributed by atoms with Crippen molar-refractivity contribution in [1.29, 1.82) is 0 Å². The summed E-state index contributed by atoms with van der Waals surface area (Å²) in [4.78, 5) is 9.46. The summed E-state index contributed by atoms with van der Waals surface area (Å²) in [5.41, 5.74) is 0. The fraction of sp³-hybridized carbons (Fsp3) is 1.00. The van der Waals surface area contributed by atoms with E-state index in [4.69, 9.17) is 0 Å². The lowest BCUT2D eigenvalue weighted by Gasteiger charge is -1.94. The monoisotopic (exact) mass is 191 g/mol. The molecule has 0 aromatic carbocycles. The van der Waals surface area contributed by atoms with E-state index in [0.29, 0.717) is 6.42 Å². The van der Waals surface area contributed by atoms with Crippen LogP contribution in [0.4, 0.5) is 0 Å². The molecule has 0 saturated carbocycles. The van der Waals surface area contributed by atoms with Crippen LogP contribution >= 0.6 is 0 Å². The zero-order valence-corrected chi connectivity index (χ0v) is 10.1. The Morgan fingerprint density at radius 1 is 1.15 bits per heavy atom. The van der Waals surface area contributed by atoms with Crippen LogP contribution in [-0.2, 0) is 0 Å². The summed E-state index contributed by atoms with van der Waals surface area (Å²) in [6, 6.07) is -0.375. The highest BCUT2D eigenvalue weighted by Gasteiger charge is 2.06. The largest absolute Gasteiger partial charge is 0.264 e. The Morgan fingerprint density at radius 2 is 1.38 bits per heavy atom. The molecule has 0 heterocycles. The van der Waals surface area contributed by atoms with Crippen LogP contribution in [0.2, 0.25) is 0 Å². The number of rotatable bonds is 2. The van der Waals surface area contributed by atoms with E-state index in [1.54, 1.807) is 13.8 Å². The molecule has 0 aromatic heterocycles. The van der Waals surface area contributed by atoms with Crippen molar-refractivity contribution in [1.82, 2.24) is 0 Å². The van der Waals surface area contributed by atoms with Crippen molar-refractivity contribution < 1.29 is 4.92 Å². The lowest BCUT2D eigenvalue weighted by molar-refractivity contribution is -0.518. The van der Waals surface area contributed by atoms with Gasteiger partial charge in [-0.2, -0.15) is 0 Å². The number of nitro groups is 1. The Balaban J connectivity index is -0.000000142. The minimum absolute atomic E-state index is 0.278. The first-order chi connectivity index (χ1) is 5.91. The van der Waals surface area contributed by atoms with Gasteiger partial charge in [0.2, 0.25) is 6.04 Å². The van der Waals surface area contributed by atoms with Gasteiger partial charge in [-0.05, 0) is 5.92 Å². The Kier molecular flexibility index (Phi) is 19.6. The number of hydrogen-bond donors (Lipinski definition) is 0. The Hall–Kier alpha value is -0.600. The molecular weight excluding hydrogens is 166 g/mol. The summed E-state index contributed by atoms with van der Waals surface area (Å²) < 4.78 is 0. The Morgan fingerprint density at radius 3 is 1.38 bits per heavy atom. The Labute approximate surface area is 82.7 Å². The second kappa shape index (κ2) is 14.0. The molecule has 0 spiro atoms.